The fourth-order valence-electron chi connectivity index (χ4n) is 1.58. The lowest BCUT2D eigenvalue weighted by molar-refractivity contribution is -0.390. The summed E-state index contributed by atoms with van der Waals surface area (Å²) >= 11 is 3.06. The lowest BCUT2D eigenvalue weighted by atomic mass is 10.1. The molecule has 0 bridgehead atoms. The van der Waals surface area contributed by atoms with Crippen LogP contribution in [-0.2, 0) is 6.54 Å². The SMILES string of the molecule is Cc1ccc(F)cc1Cn1cc(Br)c([N+](=O)[O-])n1. The number of aryl methyl sites for hydroxylation is 1. The van der Waals surface area contributed by atoms with Crippen LogP contribution in [0.25, 0.3) is 0 Å². The van der Waals surface area contributed by atoms with E-state index in [-0.39, 0.29) is 18.2 Å². The Morgan fingerprint density at radius 3 is 2.89 bits per heavy atom. The van der Waals surface area contributed by atoms with Crippen LogP contribution in [0.5, 0.6) is 0 Å². The number of hydrogen-bond donors (Lipinski definition) is 0. The highest BCUT2D eigenvalue weighted by molar-refractivity contribution is 9.10. The van der Waals surface area contributed by atoms with E-state index in [2.05, 4.69) is 21.0 Å². The van der Waals surface area contributed by atoms with Gasteiger partial charge in [0.15, 0.2) is 0 Å². The van der Waals surface area contributed by atoms with Crippen molar-refractivity contribution in [3.05, 3.63) is 55.9 Å². The monoisotopic (exact) mass is 313 g/mol. The second-order valence-corrected chi connectivity index (χ2v) is 4.68. The maximum Gasteiger partial charge on any atom is 0.404 e. The molecule has 0 N–H and O–H groups in total. The quantitative estimate of drug-likeness (QED) is 0.646. The maximum absolute atomic E-state index is 13.1. The van der Waals surface area contributed by atoms with Gasteiger partial charge in [0.05, 0.1) is 17.8 Å². The molecule has 7 heteroatoms. The van der Waals surface area contributed by atoms with E-state index in [4.69, 9.17) is 0 Å². The molecule has 0 atom stereocenters. The van der Waals surface area contributed by atoms with E-state index in [1.165, 1.54) is 23.0 Å². The molecule has 0 unspecified atom stereocenters. The average Bonchev–Trinajstić information content (AvgIpc) is 2.65. The molecule has 0 aliphatic rings. The van der Waals surface area contributed by atoms with Crippen LogP contribution in [0.1, 0.15) is 11.1 Å². The summed E-state index contributed by atoms with van der Waals surface area (Å²) < 4.78 is 14.8. The first-order valence-corrected chi connectivity index (χ1v) is 5.89. The van der Waals surface area contributed by atoms with Crippen LogP contribution in [0.2, 0.25) is 0 Å². The third-order valence-electron chi connectivity index (χ3n) is 2.52. The normalized spacial score (nSPS) is 10.6. The van der Waals surface area contributed by atoms with E-state index in [1.54, 1.807) is 6.07 Å². The molecule has 1 heterocycles. The first-order chi connectivity index (χ1) is 8.47. The van der Waals surface area contributed by atoms with Gasteiger partial charge in [-0.1, -0.05) is 6.07 Å². The Balaban J connectivity index is 2.31. The minimum absolute atomic E-state index is 0.246. The molecule has 0 radical (unpaired) electrons. The van der Waals surface area contributed by atoms with Crippen LogP contribution >= 0.6 is 15.9 Å². The fourth-order valence-corrected chi connectivity index (χ4v) is 2.04. The molecule has 0 saturated heterocycles. The van der Waals surface area contributed by atoms with Crippen molar-refractivity contribution in [2.45, 2.75) is 13.5 Å². The van der Waals surface area contributed by atoms with Gasteiger partial charge in [0.25, 0.3) is 0 Å². The fraction of sp³-hybridized carbons (Fsp3) is 0.182. The van der Waals surface area contributed by atoms with E-state index in [0.717, 1.165) is 11.1 Å². The lowest BCUT2D eigenvalue weighted by Crippen LogP contribution is -2.03. The molecule has 2 aromatic rings. The van der Waals surface area contributed by atoms with Crippen molar-refractivity contribution in [3.63, 3.8) is 0 Å². The number of benzene rings is 1. The largest absolute Gasteiger partial charge is 0.404 e. The van der Waals surface area contributed by atoms with Gasteiger partial charge in [0.2, 0.25) is 0 Å². The first-order valence-electron chi connectivity index (χ1n) is 5.10. The van der Waals surface area contributed by atoms with Crippen LogP contribution in [0, 0.1) is 22.9 Å². The molecule has 0 aliphatic carbocycles. The Kier molecular flexibility index (Phi) is 3.42. The molecule has 1 aromatic carbocycles. The topological polar surface area (TPSA) is 61.0 Å². The van der Waals surface area contributed by atoms with Crippen LogP contribution in [0.4, 0.5) is 10.2 Å². The van der Waals surface area contributed by atoms with Gasteiger partial charge in [0.1, 0.15) is 10.3 Å². The van der Waals surface area contributed by atoms with Crippen molar-refractivity contribution in [1.82, 2.24) is 9.78 Å². The number of nitrogens with zero attached hydrogens (tertiary/aromatic N) is 3. The molecular formula is C11H9BrFN3O2. The Morgan fingerprint density at radius 1 is 1.56 bits per heavy atom. The molecule has 94 valence electrons. The van der Waals surface area contributed by atoms with E-state index in [0.29, 0.717) is 4.47 Å². The molecular weight excluding hydrogens is 305 g/mol. The number of aromatic nitrogens is 2. The third-order valence-corrected chi connectivity index (χ3v) is 3.07. The molecule has 1 aromatic heterocycles. The minimum Gasteiger partial charge on any atom is -0.358 e. The Bertz CT molecular complexity index is 612. The van der Waals surface area contributed by atoms with Gasteiger partial charge >= 0.3 is 5.82 Å². The second-order valence-electron chi connectivity index (χ2n) is 3.83. The average molecular weight is 314 g/mol. The number of halogens is 2. The minimum atomic E-state index is -0.570. The van der Waals surface area contributed by atoms with Gasteiger partial charge in [0, 0.05) is 0 Å². The number of hydrogen-bond acceptors (Lipinski definition) is 3. The zero-order valence-corrected chi connectivity index (χ0v) is 11.0. The van der Waals surface area contributed by atoms with Crippen molar-refractivity contribution in [2.24, 2.45) is 0 Å². The highest BCUT2D eigenvalue weighted by atomic mass is 79.9. The zero-order chi connectivity index (χ0) is 13.3. The predicted octanol–water partition coefficient (Wildman–Crippen LogP) is 3.05. The van der Waals surface area contributed by atoms with Crippen LogP contribution < -0.4 is 0 Å². The van der Waals surface area contributed by atoms with Gasteiger partial charge in [-0.25, -0.2) is 4.39 Å². The van der Waals surface area contributed by atoms with Gasteiger partial charge in [-0.15, -0.1) is 0 Å². The molecule has 5 nitrogen and oxygen atoms in total. The van der Waals surface area contributed by atoms with Crippen molar-refractivity contribution in [3.8, 4) is 0 Å². The maximum atomic E-state index is 13.1. The summed E-state index contributed by atoms with van der Waals surface area (Å²) in [6.07, 6.45) is 1.50. The highest BCUT2D eigenvalue weighted by Gasteiger charge is 2.18. The smallest absolute Gasteiger partial charge is 0.358 e. The van der Waals surface area contributed by atoms with Crippen molar-refractivity contribution in [2.75, 3.05) is 0 Å². The number of rotatable bonds is 3. The van der Waals surface area contributed by atoms with Gasteiger partial charge in [-0.3, -0.25) is 0 Å². The van der Waals surface area contributed by atoms with Gasteiger partial charge in [-0.05, 0) is 51.0 Å². The molecule has 0 aliphatic heterocycles. The zero-order valence-electron chi connectivity index (χ0n) is 9.43. The summed E-state index contributed by atoms with van der Waals surface area (Å²) in [5.41, 5.74) is 1.64. The van der Waals surface area contributed by atoms with Crippen LogP contribution in [0.15, 0.2) is 28.9 Å². The van der Waals surface area contributed by atoms with Gasteiger partial charge in [-0.2, -0.15) is 4.68 Å². The van der Waals surface area contributed by atoms with E-state index < -0.39 is 4.92 Å². The van der Waals surface area contributed by atoms with Crippen molar-refractivity contribution >= 4 is 21.7 Å². The van der Waals surface area contributed by atoms with E-state index in [1.807, 2.05) is 6.92 Å². The highest BCUT2D eigenvalue weighted by Crippen LogP contribution is 2.23. The summed E-state index contributed by atoms with van der Waals surface area (Å²) in [7, 11) is 0. The van der Waals surface area contributed by atoms with E-state index in [9.17, 15) is 14.5 Å². The standard InChI is InChI=1S/C11H9BrFN3O2/c1-7-2-3-9(13)4-8(7)5-15-6-10(12)11(14-15)16(17)18/h2-4,6H,5H2,1H3. The number of nitro groups is 1. The van der Waals surface area contributed by atoms with Crippen molar-refractivity contribution < 1.29 is 9.31 Å². The summed E-state index contributed by atoms with van der Waals surface area (Å²) in [5.74, 6) is -0.583. The van der Waals surface area contributed by atoms with Crippen LogP contribution in [0.3, 0.4) is 0 Å². The molecule has 18 heavy (non-hydrogen) atoms. The van der Waals surface area contributed by atoms with Crippen LogP contribution in [-0.4, -0.2) is 14.7 Å². The molecule has 0 fully saturated rings. The first kappa shape index (κ1) is 12.7. The third kappa shape index (κ3) is 2.56. The lowest BCUT2D eigenvalue weighted by Gasteiger charge is -2.03. The Morgan fingerprint density at radius 2 is 2.28 bits per heavy atom. The van der Waals surface area contributed by atoms with E-state index >= 15 is 0 Å². The van der Waals surface area contributed by atoms with Crippen molar-refractivity contribution in [1.29, 1.82) is 0 Å². The predicted molar refractivity (Wildman–Crippen MR) is 66.8 cm³/mol. The molecule has 2 rings (SSSR count). The Hall–Kier alpha value is -1.76. The summed E-state index contributed by atoms with van der Waals surface area (Å²) in [6.45, 7) is 2.14. The summed E-state index contributed by atoms with van der Waals surface area (Å²) in [5, 5.41) is 14.5. The summed E-state index contributed by atoms with van der Waals surface area (Å²) in [6, 6.07) is 4.44. The molecule has 0 spiro atoms. The second kappa shape index (κ2) is 4.85. The molecule has 0 amide bonds. The summed E-state index contributed by atoms with van der Waals surface area (Å²) in [4.78, 5) is 10.1. The Labute approximate surface area is 111 Å². The van der Waals surface area contributed by atoms with Gasteiger partial charge < -0.3 is 10.1 Å². The molecule has 0 saturated carbocycles.